The molecule has 2 heterocycles. The second-order valence-corrected chi connectivity index (χ2v) is 9.04. The Hall–Kier alpha value is -0.470. The third-order valence-electron chi connectivity index (χ3n) is 2.85. The van der Waals surface area contributed by atoms with Crippen LogP contribution in [0, 0.1) is 6.92 Å². The van der Waals surface area contributed by atoms with Gasteiger partial charge in [-0.15, -0.1) is 34.3 Å². The minimum Gasteiger partial charge on any atom is -0.250 e. The maximum absolute atomic E-state index is 12.5. The van der Waals surface area contributed by atoms with Crippen molar-refractivity contribution in [2.24, 2.45) is 0 Å². The Morgan fingerprint density at radius 1 is 1.40 bits per heavy atom. The van der Waals surface area contributed by atoms with Crippen molar-refractivity contribution in [3.05, 3.63) is 33.1 Å². The molecule has 2 aromatic heterocycles. The van der Waals surface area contributed by atoms with Gasteiger partial charge in [-0.05, 0) is 25.5 Å². The van der Waals surface area contributed by atoms with Crippen LogP contribution in [0.15, 0.2) is 21.9 Å². The zero-order chi connectivity index (χ0) is 14.8. The molecule has 0 spiro atoms. The standard InChI is InChI=1S/C12H15ClN2O2S3/c1-9-11(18-8-14-9)7-15(2)20(16,17)12-4-3-10(19-12)5-6-13/h3-4,8H,5-7H2,1-2H3. The van der Waals surface area contributed by atoms with Gasteiger partial charge >= 0.3 is 0 Å². The van der Waals surface area contributed by atoms with Crippen LogP contribution in [-0.4, -0.2) is 30.6 Å². The Morgan fingerprint density at radius 3 is 2.75 bits per heavy atom. The highest BCUT2D eigenvalue weighted by Crippen LogP contribution is 2.26. The van der Waals surface area contributed by atoms with E-state index in [2.05, 4.69) is 4.98 Å². The maximum atomic E-state index is 12.5. The molecule has 0 aliphatic rings. The number of aromatic nitrogens is 1. The summed E-state index contributed by atoms with van der Waals surface area (Å²) in [5.41, 5.74) is 2.61. The van der Waals surface area contributed by atoms with E-state index in [1.54, 1.807) is 18.6 Å². The van der Waals surface area contributed by atoms with Gasteiger partial charge in [0.15, 0.2) is 0 Å². The van der Waals surface area contributed by atoms with Gasteiger partial charge in [-0.2, -0.15) is 4.31 Å². The molecule has 0 amide bonds. The number of alkyl halides is 1. The molecule has 0 bridgehead atoms. The Balaban J connectivity index is 2.18. The predicted molar refractivity (Wildman–Crippen MR) is 84.2 cm³/mol. The first kappa shape index (κ1) is 15.9. The fraction of sp³-hybridized carbons (Fsp3) is 0.417. The van der Waals surface area contributed by atoms with Crippen LogP contribution in [0.1, 0.15) is 15.4 Å². The molecule has 0 saturated heterocycles. The molecule has 0 fully saturated rings. The van der Waals surface area contributed by atoms with Gasteiger partial charge < -0.3 is 0 Å². The normalized spacial score (nSPS) is 12.2. The molecule has 0 atom stereocenters. The molecule has 2 rings (SSSR count). The van der Waals surface area contributed by atoms with Gasteiger partial charge in [0, 0.05) is 29.2 Å². The van der Waals surface area contributed by atoms with E-state index in [1.807, 2.05) is 13.0 Å². The van der Waals surface area contributed by atoms with Gasteiger partial charge in [-0.3, -0.25) is 0 Å². The Bertz CT molecular complexity index is 678. The first-order chi connectivity index (χ1) is 9.45. The van der Waals surface area contributed by atoms with Gasteiger partial charge in [0.25, 0.3) is 10.0 Å². The lowest BCUT2D eigenvalue weighted by atomic mass is 10.4. The number of thiazole rings is 1. The molecular formula is C12H15ClN2O2S3. The number of hydrogen-bond acceptors (Lipinski definition) is 5. The minimum atomic E-state index is -3.44. The SMILES string of the molecule is Cc1ncsc1CN(C)S(=O)(=O)c1ccc(CCCl)s1. The van der Waals surface area contributed by atoms with Crippen molar-refractivity contribution < 1.29 is 8.42 Å². The van der Waals surface area contributed by atoms with Crippen LogP contribution in [0.3, 0.4) is 0 Å². The second-order valence-electron chi connectivity index (χ2n) is 4.28. The fourth-order valence-electron chi connectivity index (χ4n) is 1.64. The summed E-state index contributed by atoms with van der Waals surface area (Å²) in [6.45, 7) is 2.23. The molecule has 110 valence electrons. The van der Waals surface area contributed by atoms with E-state index in [4.69, 9.17) is 11.6 Å². The smallest absolute Gasteiger partial charge is 0.250 e. The first-order valence-electron chi connectivity index (χ1n) is 5.95. The Kier molecular flexibility index (Phi) is 5.19. The van der Waals surface area contributed by atoms with Gasteiger partial charge in [0.2, 0.25) is 0 Å². The van der Waals surface area contributed by atoms with E-state index < -0.39 is 10.0 Å². The average Bonchev–Trinajstić information content (AvgIpc) is 3.00. The average molecular weight is 351 g/mol. The largest absolute Gasteiger partial charge is 0.252 e. The van der Waals surface area contributed by atoms with Crippen LogP contribution in [0.4, 0.5) is 0 Å². The van der Waals surface area contributed by atoms with E-state index in [9.17, 15) is 8.42 Å². The highest BCUT2D eigenvalue weighted by molar-refractivity contribution is 7.91. The van der Waals surface area contributed by atoms with E-state index in [-0.39, 0.29) is 0 Å². The molecule has 0 aliphatic heterocycles. The molecule has 0 saturated carbocycles. The van der Waals surface area contributed by atoms with Gasteiger partial charge in [0.1, 0.15) is 4.21 Å². The van der Waals surface area contributed by atoms with Gasteiger partial charge in [0.05, 0.1) is 11.2 Å². The van der Waals surface area contributed by atoms with Crippen LogP contribution in [0.2, 0.25) is 0 Å². The zero-order valence-corrected chi connectivity index (χ0v) is 14.4. The molecule has 20 heavy (non-hydrogen) atoms. The van der Waals surface area contributed by atoms with E-state index in [0.717, 1.165) is 15.4 Å². The van der Waals surface area contributed by atoms with Crippen molar-refractivity contribution in [3.8, 4) is 0 Å². The highest BCUT2D eigenvalue weighted by Gasteiger charge is 2.23. The summed E-state index contributed by atoms with van der Waals surface area (Å²) in [7, 11) is -1.85. The number of halogens is 1. The molecule has 2 aromatic rings. The molecule has 8 heteroatoms. The molecule has 0 unspecified atom stereocenters. The zero-order valence-electron chi connectivity index (χ0n) is 11.2. The minimum absolute atomic E-state index is 0.349. The van der Waals surface area contributed by atoms with E-state index in [0.29, 0.717) is 23.1 Å². The number of nitrogens with zero attached hydrogens (tertiary/aromatic N) is 2. The lowest BCUT2D eigenvalue weighted by Gasteiger charge is -2.15. The summed E-state index contributed by atoms with van der Waals surface area (Å²) < 4.78 is 26.7. The lowest BCUT2D eigenvalue weighted by Crippen LogP contribution is -2.25. The van der Waals surface area contributed by atoms with E-state index >= 15 is 0 Å². The monoisotopic (exact) mass is 350 g/mol. The van der Waals surface area contributed by atoms with Crippen molar-refractivity contribution in [1.82, 2.24) is 9.29 Å². The van der Waals surface area contributed by atoms with E-state index in [1.165, 1.54) is 27.0 Å². The Morgan fingerprint density at radius 2 is 2.15 bits per heavy atom. The summed E-state index contributed by atoms with van der Waals surface area (Å²) in [5, 5.41) is 0. The first-order valence-corrected chi connectivity index (χ1v) is 9.62. The quantitative estimate of drug-likeness (QED) is 0.752. The number of sulfonamides is 1. The van der Waals surface area contributed by atoms with Crippen molar-refractivity contribution in [3.63, 3.8) is 0 Å². The summed E-state index contributed by atoms with van der Waals surface area (Å²) in [5.74, 6) is 0.496. The van der Waals surface area contributed by atoms with Crippen molar-refractivity contribution in [2.45, 2.75) is 24.1 Å². The Labute approximate surface area is 132 Å². The summed E-state index contributed by atoms with van der Waals surface area (Å²) in [4.78, 5) is 6.09. The molecule has 0 radical (unpaired) electrons. The number of hydrogen-bond donors (Lipinski definition) is 0. The number of thiophene rings is 1. The third-order valence-corrected chi connectivity index (χ3v) is 7.38. The molecular weight excluding hydrogens is 336 g/mol. The third kappa shape index (κ3) is 3.40. The molecule has 0 aromatic carbocycles. The van der Waals surface area contributed by atoms with Crippen LogP contribution >= 0.6 is 34.3 Å². The van der Waals surface area contributed by atoms with Crippen LogP contribution in [0.5, 0.6) is 0 Å². The maximum Gasteiger partial charge on any atom is 0.252 e. The van der Waals surface area contributed by atoms with Crippen molar-refractivity contribution in [1.29, 1.82) is 0 Å². The summed E-state index contributed by atoms with van der Waals surface area (Å²) >= 11 is 8.43. The fourth-order valence-corrected chi connectivity index (χ4v) is 5.58. The topological polar surface area (TPSA) is 50.3 Å². The highest BCUT2D eigenvalue weighted by atomic mass is 35.5. The van der Waals surface area contributed by atoms with Gasteiger partial charge in [-0.1, -0.05) is 0 Å². The van der Waals surface area contributed by atoms with Crippen LogP contribution in [0.25, 0.3) is 0 Å². The predicted octanol–water partition coefficient (Wildman–Crippen LogP) is 3.12. The van der Waals surface area contributed by atoms with Crippen LogP contribution < -0.4 is 0 Å². The molecule has 0 N–H and O–H groups in total. The lowest BCUT2D eigenvalue weighted by molar-refractivity contribution is 0.470. The van der Waals surface area contributed by atoms with Crippen LogP contribution in [-0.2, 0) is 23.0 Å². The van der Waals surface area contributed by atoms with Gasteiger partial charge in [-0.25, -0.2) is 13.4 Å². The van der Waals surface area contributed by atoms with Crippen molar-refractivity contribution in [2.75, 3.05) is 12.9 Å². The number of rotatable bonds is 6. The number of aryl methyl sites for hydroxylation is 2. The summed E-state index contributed by atoms with van der Waals surface area (Å²) in [6.07, 6.45) is 0.694. The molecule has 0 aliphatic carbocycles. The summed E-state index contributed by atoms with van der Waals surface area (Å²) in [6, 6.07) is 3.48. The van der Waals surface area contributed by atoms with Crippen molar-refractivity contribution >= 4 is 44.3 Å². The second kappa shape index (κ2) is 6.53. The molecule has 4 nitrogen and oxygen atoms in total.